The van der Waals surface area contributed by atoms with Crippen LogP contribution in [0.15, 0.2) is 36.4 Å². The van der Waals surface area contributed by atoms with Gasteiger partial charge in [-0.05, 0) is 55.3 Å². The van der Waals surface area contributed by atoms with Gasteiger partial charge in [0.15, 0.2) is 17.4 Å². The highest BCUT2D eigenvalue weighted by atomic mass is 19.2. The summed E-state index contributed by atoms with van der Waals surface area (Å²) in [6.45, 7) is 3.46. The standard InChI is InChI=1S/C16H14F2O2/c1-10-7-13(11(2)19)4-6-16(10)20-9-12-3-5-14(17)15(18)8-12/h3-8H,9H2,1-2H3. The van der Waals surface area contributed by atoms with Gasteiger partial charge in [0.25, 0.3) is 0 Å². The van der Waals surface area contributed by atoms with Crippen LogP contribution in [0.4, 0.5) is 8.78 Å². The largest absolute Gasteiger partial charge is 0.489 e. The maximum absolute atomic E-state index is 13.1. The lowest BCUT2D eigenvalue weighted by Crippen LogP contribution is -2.00. The number of halogens is 2. The van der Waals surface area contributed by atoms with E-state index in [0.29, 0.717) is 16.9 Å². The molecule has 2 rings (SSSR count). The molecule has 0 aliphatic heterocycles. The van der Waals surface area contributed by atoms with Crippen molar-refractivity contribution >= 4 is 5.78 Å². The van der Waals surface area contributed by atoms with Gasteiger partial charge in [0, 0.05) is 5.56 Å². The molecule has 0 bridgehead atoms. The van der Waals surface area contributed by atoms with Gasteiger partial charge in [0.2, 0.25) is 0 Å². The Morgan fingerprint density at radius 2 is 1.85 bits per heavy atom. The second-order valence-corrected chi connectivity index (χ2v) is 4.57. The van der Waals surface area contributed by atoms with Crippen molar-refractivity contribution in [2.45, 2.75) is 20.5 Å². The smallest absolute Gasteiger partial charge is 0.159 e. The summed E-state index contributed by atoms with van der Waals surface area (Å²) in [6, 6.07) is 8.76. The van der Waals surface area contributed by atoms with Gasteiger partial charge in [-0.2, -0.15) is 0 Å². The van der Waals surface area contributed by atoms with E-state index in [4.69, 9.17) is 4.74 Å². The Bertz CT molecular complexity index is 651. The molecular weight excluding hydrogens is 262 g/mol. The van der Waals surface area contributed by atoms with Crippen molar-refractivity contribution in [2.75, 3.05) is 0 Å². The number of rotatable bonds is 4. The van der Waals surface area contributed by atoms with Crippen LogP contribution in [0, 0.1) is 18.6 Å². The van der Waals surface area contributed by atoms with E-state index < -0.39 is 11.6 Å². The Kier molecular flexibility index (Phi) is 4.13. The molecule has 0 atom stereocenters. The molecule has 2 aromatic rings. The average molecular weight is 276 g/mol. The predicted octanol–water partition coefficient (Wildman–Crippen LogP) is 4.05. The van der Waals surface area contributed by atoms with Crippen molar-refractivity contribution in [1.29, 1.82) is 0 Å². The van der Waals surface area contributed by atoms with Crippen molar-refractivity contribution in [2.24, 2.45) is 0 Å². The number of aryl methyl sites for hydroxylation is 1. The number of hydrogen-bond acceptors (Lipinski definition) is 2. The van der Waals surface area contributed by atoms with E-state index in [2.05, 4.69) is 0 Å². The summed E-state index contributed by atoms with van der Waals surface area (Å²) < 4.78 is 31.4. The summed E-state index contributed by atoms with van der Waals surface area (Å²) in [7, 11) is 0. The van der Waals surface area contributed by atoms with Gasteiger partial charge in [-0.15, -0.1) is 0 Å². The van der Waals surface area contributed by atoms with Crippen LogP contribution in [0.3, 0.4) is 0 Å². The number of benzene rings is 2. The van der Waals surface area contributed by atoms with E-state index in [1.54, 1.807) is 18.2 Å². The van der Waals surface area contributed by atoms with Gasteiger partial charge in [-0.25, -0.2) is 8.78 Å². The second-order valence-electron chi connectivity index (χ2n) is 4.57. The van der Waals surface area contributed by atoms with Crippen LogP contribution in [-0.4, -0.2) is 5.78 Å². The van der Waals surface area contributed by atoms with Crippen LogP contribution >= 0.6 is 0 Å². The van der Waals surface area contributed by atoms with E-state index in [9.17, 15) is 13.6 Å². The molecule has 0 fully saturated rings. The van der Waals surface area contributed by atoms with Crippen LogP contribution in [0.2, 0.25) is 0 Å². The molecule has 0 unspecified atom stereocenters. The van der Waals surface area contributed by atoms with Crippen molar-refractivity contribution in [3.63, 3.8) is 0 Å². The first-order chi connectivity index (χ1) is 9.47. The van der Waals surface area contributed by atoms with E-state index in [1.807, 2.05) is 6.92 Å². The fourth-order valence-corrected chi connectivity index (χ4v) is 1.82. The molecule has 0 heterocycles. The number of carbonyl (C=O) groups excluding carboxylic acids is 1. The third-order valence-corrected chi connectivity index (χ3v) is 2.96. The summed E-state index contributed by atoms with van der Waals surface area (Å²) in [5.41, 5.74) is 1.97. The first kappa shape index (κ1) is 14.2. The third-order valence-electron chi connectivity index (χ3n) is 2.96. The highest BCUT2D eigenvalue weighted by Crippen LogP contribution is 2.21. The molecule has 2 aromatic carbocycles. The van der Waals surface area contributed by atoms with Crippen LogP contribution in [0.5, 0.6) is 5.75 Å². The molecule has 2 nitrogen and oxygen atoms in total. The molecule has 0 aliphatic carbocycles. The number of Topliss-reactive ketones (excluding diaryl/α,β-unsaturated/α-hetero) is 1. The molecule has 0 aliphatic rings. The van der Waals surface area contributed by atoms with Crippen molar-refractivity contribution in [3.8, 4) is 5.75 Å². The van der Waals surface area contributed by atoms with E-state index in [0.717, 1.165) is 17.7 Å². The van der Waals surface area contributed by atoms with E-state index >= 15 is 0 Å². The lowest BCUT2D eigenvalue weighted by molar-refractivity contribution is 0.101. The molecule has 0 radical (unpaired) electrons. The third kappa shape index (κ3) is 3.20. The van der Waals surface area contributed by atoms with Gasteiger partial charge in [-0.1, -0.05) is 6.07 Å². The average Bonchev–Trinajstić information content (AvgIpc) is 2.41. The second kappa shape index (κ2) is 5.82. The maximum atomic E-state index is 13.1. The van der Waals surface area contributed by atoms with Gasteiger partial charge in [0.05, 0.1) is 0 Å². The highest BCUT2D eigenvalue weighted by Gasteiger charge is 2.06. The van der Waals surface area contributed by atoms with Gasteiger partial charge < -0.3 is 4.74 Å². The Hall–Kier alpha value is -2.23. The minimum atomic E-state index is -0.894. The zero-order valence-electron chi connectivity index (χ0n) is 11.2. The normalized spacial score (nSPS) is 10.4. The summed E-state index contributed by atoms with van der Waals surface area (Å²) in [6.07, 6.45) is 0. The molecule has 104 valence electrons. The first-order valence-corrected chi connectivity index (χ1v) is 6.15. The zero-order valence-corrected chi connectivity index (χ0v) is 11.2. The molecule has 0 amide bonds. The summed E-state index contributed by atoms with van der Waals surface area (Å²) >= 11 is 0. The Balaban J connectivity index is 2.10. The number of hydrogen-bond donors (Lipinski definition) is 0. The van der Waals surface area contributed by atoms with Crippen LogP contribution < -0.4 is 4.74 Å². The van der Waals surface area contributed by atoms with Crippen LogP contribution in [0.25, 0.3) is 0 Å². The Labute approximate surface area is 116 Å². The van der Waals surface area contributed by atoms with Crippen LogP contribution in [-0.2, 0) is 6.61 Å². The van der Waals surface area contributed by atoms with E-state index in [1.165, 1.54) is 13.0 Å². The number of carbonyl (C=O) groups is 1. The lowest BCUT2D eigenvalue weighted by atomic mass is 10.1. The van der Waals surface area contributed by atoms with E-state index in [-0.39, 0.29) is 12.4 Å². The number of ketones is 1. The minimum absolute atomic E-state index is 0.0137. The van der Waals surface area contributed by atoms with Crippen molar-refractivity contribution < 1.29 is 18.3 Å². The Morgan fingerprint density at radius 1 is 1.10 bits per heavy atom. The first-order valence-electron chi connectivity index (χ1n) is 6.15. The fourth-order valence-electron chi connectivity index (χ4n) is 1.82. The molecule has 0 saturated heterocycles. The van der Waals surface area contributed by atoms with Gasteiger partial charge >= 0.3 is 0 Å². The molecule has 4 heteroatoms. The summed E-state index contributed by atoms with van der Waals surface area (Å²) in [5, 5.41) is 0. The summed E-state index contributed by atoms with van der Waals surface area (Å²) in [5.74, 6) is -1.18. The Morgan fingerprint density at radius 3 is 2.45 bits per heavy atom. The van der Waals surface area contributed by atoms with Crippen molar-refractivity contribution in [1.82, 2.24) is 0 Å². The van der Waals surface area contributed by atoms with Gasteiger partial charge in [-0.3, -0.25) is 4.79 Å². The summed E-state index contributed by atoms with van der Waals surface area (Å²) in [4.78, 5) is 11.2. The fraction of sp³-hybridized carbons (Fsp3) is 0.188. The topological polar surface area (TPSA) is 26.3 Å². The quantitative estimate of drug-likeness (QED) is 0.787. The molecule has 0 spiro atoms. The monoisotopic (exact) mass is 276 g/mol. The predicted molar refractivity (Wildman–Crippen MR) is 71.9 cm³/mol. The minimum Gasteiger partial charge on any atom is -0.489 e. The molecule has 0 aromatic heterocycles. The molecule has 0 N–H and O–H groups in total. The molecular formula is C16H14F2O2. The van der Waals surface area contributed by atoms with Crippen LogP contribution in [0.1, 0.15) is 28.4 Å². The SMILES string of the molecule is CC(=O)c1ccc(OCc2ccc(F)c(F)c2)c(C)c1. The zero-order chi connectivity index (χ0) is 14.7. The lowest BCUT2D eigenvalue weighted by Gasteiger charge is -2.10. The molecule has 20 heavy (non-hydrogen) atoms. The van der Waals surface area contributed by atoms with Crippen molar-refractivity contribution in [3.05, 3.63) is 64.7 Å². The number of ether oxygens (including phenoxy) is 1. The highest BCUT2D eigenvalue weighted by molar-refractivity contribution is 5.94. The molecule has 0 saturated carbocycles. The van der Waals surface area contributed by atoms with Gasteiger partial charge in [0.1, 0.15) is 12.4 Å². The maximum Gasteiger partial charge on any atom is 0.159 e.